The van der Waals surface area contributed by atoms with Gasteiger partial charge in [0, 0.05) is 31.9 Å². The first-order chi connectivity index (χ1) is 10.6. The number of amides is 1. The van der Waals surface area contributed by atoms with Gasteiger partial charge in [0.25, 0.3) is 5.91 Å². The van der Waals surface area contributed by atoms with E-state index in [9.17, 15) is 4.79 Å². The average Bonchev–Trinajstić information content (AvgIpc) is 2.53. The number of carbonyl (C=O) groups excluding carboxylic acids is 1. The number of nitrogens with one attached hydrogen (secondary N) is 1. The predicted molar refractivity (Wildman–Crippen MR) is 90.5 cm³/mol. The number of hydrogen-bond acceptors (Lipinski definition) is 3. The van der Waals surface area contributed by atoms with Gasteiger partial charge in [-0.05, 0) is 37.0 Å². The summed E-state index contributed by atoms with van der Waals surface area (Å²) in [5.41, 5.74) is 1.72. The van der Waals surface area contributed by atoms with Crippen LogP contribution in [0.3, 0.4) is 0 Å². The van der Waals surface area contributed by atoms with E-state index in [2.05, 4.69) is 12.2 Å². The molecule has 0 unspecified atom stereocenters. The highest BCUT2D eigenvalue weighted by Gasteiger charge is 2.21. The van der Waals surface area contributed by atoms with Gasteiger partial charge in [-0.1, -0.05) is 25.8 Å². The highest BCUT2D eigenvalue weighted by atomic mass is 16.5. The van der Waals surface area contributed by atoms with Crippen LogP contribution in [-0.2, 0) is 4.74 Å². The molecule has 0 aromatic heterocycles. The van der Waals surface area contributed by atoms with Crippen LogP contribution in [0.5, 0.6) is 0 Å². The SMILES string of the molecule is C[C@@H]1CCCC[C@H]1OCCNC(=O)c1cccc(N(C)C)c1. The molecule has 0 aliphatic heterocycles. The van der Waals surface area contributed by atoms with Crippen LogP contribution in [0.1, 0.15) is 43.0 Å². The van der Waals surface area contributed by atoms with E-state index in [1.165, 1.54) is 19.3 Å². The molecule has 4 nitrogen and oxygen atoms in total. The highest BCUT2D eigenvalue weighted by Crippen LogP contribution is 2.25. The maximum atomic E-state index is 12.1. The molecular formula is C18H28N2O2. The van der Waals surface area contributed by atoms with E-state index in [1.54, 1.807) is 0 Å². The van der Waals surface area contributed by atoms with Crippen molar-refractivity contribution in [3.05, 3.63) is 29.8 Å². The minimum absolute atomic E-state index is 0.0380. The van der Waals surface area contributed by atoms with Crippen molar-refractivity contribution in [3.8, 4) is 0 Å². The van der Waals surface area contributed by atoms with E-state index in [1.807, 2.05) is 43.3 Å². The molecule has 1 aliphatic rings. The molecule has 2 rings (SSSR count). The topological polar surface area (TPSA) is 41.6 Å². The summed E-state index contributed by atoms with van der Waals surface area (Å²) >= 11 is 0. The molecule has 1 fully saturated rings. The van der Waals surface area contributed by atoms with Crippen LogP contribution in [0.4, 0.5) is 5.69 Å². The molecule has 1 N–H and O–H groups in total. The first-order valence-electron chi connectivity index (χ1n) is 8.25. The van der Waals surface area contributed by atoms with Gasteiger partial charge in [-0.25, -0.2) is 0 Å². The lowest BCUT2D eigenvalue weighted by Gasteiger charge is -2.28. The van der Waals surface area contributed by atoms with E-state index >= 15 is 0 Å². The van der Waals surface area contributed by atoms with Gasteiger partial charge in [-0.15, -0.1) is 0 Å². The molecular weight excluding hydrogens is 276 g/mol. The summed E-state index contributed by atoms with van der Waals surface area (Å²) in [6, 6.07) is 7.64. The van der Waals surface area contributed by atoms with Crippen molar-refractivity contribution in [3.63, 3.8) is 0 Å². The Morgan fingerprint density at radius 2 is 2.09 bits per heavy atom. The molecule has 1 amide bonds. The van der Waals surface area contributed by atoms with E-state index in [4.69, 9.17) is 4.74 Å². The smallest absolute Gasteiger partial charge is 0.251 e. The molecule has 0 spiro atoms. The standard InChI is InChI=1S/C18H28N2O2/c1-14-7-4-5-10-17(14)22-12-11-19-18(21)15-8-6-9-16(13-15)20(2)3/h6,8-9,13-14,17H,4-5,7,10-12H2,1-3H3,(H,19,21)/t14-,17-/m1/s1. The third kappa shape index (κ3) is 4.73. The van der Waals surface area contributed by atoms with Crippen molar-refractivity contribution in [1.82, 2.24) is 5.32 Å². The molecule has 0 bridgehead atoms. The lowest BCUT2D eigenvalue weighted by Crippen LogP contribution is -2.31. The van der Waals surface area contributed by atoms with Crippen molar-refractivity contribution in [1.29, 1.82) is 0 Å². The van der Waals surface area contributed by atoms with Crippen LogP contribution in [-0.4, -0.2) is 39.3 Å². The maximum Gasteiger partial charge on any atom is 0.251 e. The zero-order chi connectivity index (χ0) is 15.9. The van der Waals surface area contributed by atoms with Crippen LogP contribution < -0.4 is 10.2 Å². The summed E-state index contributed by atoms with van der Waals surface area (Å²) < 4.78 is 5.92. The number of ether oxygens (including phenoxy) is 1. The fourth-order valence-corrected chi connectivity index (χ4v) is 2.93. The number of nitrogens with zero attached hydrogens (tertiary/aromatic N) is 1. The van der Waals surface area contributed by atoms with Crippen molar-refractivity contribution >= 4 is 11.6 Å². The maximum absolute atomic E-state index is 12.1. The third-order valence-corrected chi connectivity index (χ3v) is 4.38. The molecule has 1 aromatic rings. The summed E-state index contributed by atoms with van der Waals surface area (Å²) in [6.07, 6.45) is 5.36. The van der Waals surface area contributed by atoms with Gasteiger partial charge in [-0.3, -0.25) is 4.79 Å². The summed E-state index contributed by atoms with van der Waals surface area (Å²) in [6.45, 7) is 3.41. The average molecular weight is 304 g/mol. The normalized spacial score (nSPS) is 21.4. The Balaban J connectivity index is 1.74. The van der Waals surface area contributed by atoms with Gasteiger partial charge in [0.05, 0.1) is 12.7 Å². The number of carbonyl (C=O) groups is 1. The van der Waals surface area contributed by atoms with Gasteiger partial charge < -0.3 is 15.0 Å². The Morgan fingerprint density at radius 1 is 1.32 bits per heavy atom. The molecule has 1 aliphatic carbocycles. The number of rotatable bonds is 6. The highest BCUT2D eigenvalue weighted by molar-refractivity contribution is 5.95. The molecule has 22 heavy (non-hydrogen) atoms. The Morgan fingerprint density at radius 3 is 2.82 bits per heavy atom. The number of benzene rings is 1. The van der Waals surface area contributed by atoms with Gasteiger partial charge in [0.1, 0.15) is 0 Å². The van der Waals surface area contributed by atoms with E-state index < -0.39 is 0 Å². The minimum Gasteiger partial charge on any atom is -0.378 e. The molecule has 4 heteroatoms. The monoisotopic (exact) mass is 304 g/mol. The summed E-state index contributed by atoms with van der Waals surface area (Å²) in [5.74, 6) is 0.602. The molecule has 0 saturated heterocycles. The Kier molecular flexibility index (Phi) is 6.25. The lowest BCUT2D eigenvalue weighted by atomic mass is 9.88. The van der Waals surface area contributed by atoms with Crippen LogP contribution >= 0.6 is 0 Å². The second kappa shape index (κ2) is 8.18. The molecule has 122 valence electrons. The second-order valence-electron chi connectivity index (χ2n) is 6.37. The van der Waals surface area contributed by atoms with Gasteiger partial charge in [0.2, 0.25) is 0 Å². The van der Waals surface area contributed by atoms with Gasteiger partial charge in [-0.2, -0.15) is 0 Å². The predicted octanol–water partition coefficient (Wildman–Crippen LogP) is 3.08. The fraction of sp³-hybridized carbons (Fsp3) is 0.611. The molecule has 2 atom stereocenters. The Hall–Kier alpha value is -1.55. The molecule has 1 saturated carbocycles. The van der Waals surface area contributed by atoms with Crippen molar-refractivity contribution < 1.29 is 9.53 Å². The number of hydrogen-bond donors (Lipinski definition) is 1. The largest absolute Gasteiger partial charge is 0.378 e. The van der Waals surface area contributed by atoms with Gasteiger partial charge in [0.15, 0.2) is 0 Å². The molecule has 0 heterocycles. The van der Waals surface area contributed by atoms with Crippen molar-refractivity contribution in [2.45, 2.75) is 38.7 Å². The summed E-state index contributed by atoms with van der Waals surface area (Å²) in [4.78, 5) is 14.1. The Labute approximate surface area is 133 Å². The Bertz CT molecular complexity index is 488. The second-order valence-corrected chi connectivity index (χ2v) is 6.37. The van der Waals surface area contributed by atoms with Crippen LogP contribution in [0, 0.1) is 5.92 Å². The van der Waals surface area contributed by atoms with Crippen molar-refractivity contribution in [2.75, 3.05) is 32.1 Å². The zero-order valence-electron chi connectivity index (χ0n) is 14.0. The number of anilines is 1. The quantitative estimate of drug-likeness (QED) is 0.821. The summed E-state index contributed by atoms with van der Waals surface area (Å²) in [7, 11) is 3.94. The minimum atomic E-state index is -0.0380. The van der Waals surface area contributed by atoms with Crippen LogP contribution in [0.25, 0.3) is 0 Å². The van der Waals surface area contributed by atoms with E-state index in [-0.39, 0.29) is 5.91 Å². The molecule has 0 radical (unpaired) electrons. The lowest BCUT2D eigenvalue weighted by molar-refractivity contribution is -0.00293. The van der Waals surface area contributed by atoms with E-state index in [0.717, 1.165) is 12.1 Å². The summed E-state index contributed by atoms with van der Waals surface area (Å²) in [5, 5.41) is 2.94. The first kappa shape index (κ1) is 16.8. The van der Waals surface area contributed by atoms with Crippen LogP contribution in [0.15, 0.2) is 24.3 Å². The third-order valence-electron chi connectivity index (χ3n) is 4.38. The molecule has 1 aromatic carbocycles. The zero-order valence-corrected chi connectivity index (χ0v) is 14.0. The van der Waals surface area contributed by atoms with Gasteiger partial charge >= 0.3 is 0 Å². The van der Waals surface area contributed by atoms with Crippen molar-refractivity contribution in [2.24, 2.45) is 5.92 Å². The first-order valence-corrected chi connectivity index (χ1v) is 8.25. The van der Waals surface area contributed by atoms with Crippen LogP contribution in [0.2, 0.25) is 0 Å². The fourth-order valence-electron chi connectivity index (χ4n) is 2.93. The van der Waals surface area contributed by atoms with E-state index in [0.29, 0.717) is 30.7 Å².